The van der Waals surface area contributed by atoms with Crippen LogP contribution in [0.5, 0.6) is 0 Å². The molecular weight excluding hydrogens is 441 g/mol. The van der Waals surface area contributed by atoms with Crippen molar-refractivity contribution in [1.82, 2.24) is 20.4 Å². The molecule has 0 aliphatic heterocycles. The van der Waals surface area contributed by atoms with Crippen molar-refractivity contribution < 1.29 is 4.74 Å². The molecule has 26 heavy (non-hydrogen) atoms. The highest BCUT2D eigenvalue weighted by Crippen LogP contribution is 2.19. The van der Waals surface area contributed by atoms with Gasteiger partial charge in [0, 0.05) is 32.9 Å². The van der Waals surface area contributed by atoms with E-state index in [2.05, 4.69) is 34.6 Å². The van der Waals surface area contributed by atoms with Gasteiger partial charge in [0.15, 0.2) is 5.96 Å². The van der Waals surface area contributed by atoms with Crippen molar-refractivity contribution in [3.05, 3.63) is 17.0 Å². The Bertz CT molecular complexity index is 550. The van der Waals surface area contributed by atoms with Gasteiger partial charge < -0.3 is 15.4 Å². The van der Waals surface area contributed by atoms with E-state index in [4.69, 9.17) is 4.74 Å². The molecule has 0 atom stereocenters. The quantitative estimate of drug-likeness (QED) is 0.208. The molecule has 1 aromatic heterocycles. The van der Waals surface area contributed by atoms with Crippen LogP contribution in [0.4, 0.5) is 0 Å². The minimum Gasteiger partial charge on any atom is -0.376 e. The lowest BCUT2D eigenvalue weighted by atomic mass is 10.1. The SMILES string of the molecule is CN=C(NCCOC1CCCCCC1)NCCc1c(C)nn(C)c1C.I. The van der Waals surface area contributed by atoms with Crippen LogP contribution in [0.1, 0.15) is 55.5 Å². The first-order valence-electron chi connectivity index (χ1n) is 9.67. The summed E-state index contributed by atoms with van der Waals surface area (Å²) in [6.45, 7) is 6.57. The Hall–Kier alpha value is -0.830. The van der Waals surface area contributed by atoms with Gasteiger partial charge in [-0.15, -0.1) is 24.0 Å². The third kappa shape index (κ3) is 7.42. The van der Waals surface area contributed by atoms with Crippen LogP contribution in [0.25, 0.3) is 0 Å². The van der Waals surface area contributed by atoms with Gasteiger partial charge >= 0.3 is 0 Å². The van der Waals surface area contributed by atoms with E-state index in [0.717, 1.165) is 37.8 Å². The van der Waals surface area contributed by atoms with E-state index in [1.807, 2.05) is 18.8 Å². The third-order valence-corrected chi connectivity index (χ3v) is 5.10. The van der Waals surface area contributed by atoms with Crippen LogP contribution in [-0.2, 0) is 18.2 Å². The van der Waals surface area contributed by atoms with Gasteiger partial charge in [0.05, 0.1) is 18.4 Å². The van der Waals surface area contributed by atoms with Crippen LogP contribution in [0, 0.1) is 13.8 Å². The molecule has 0 spiro atoms. The monoisotopic (exact) mass is 477 g/mol. The van der Waals surface area contributed by atoms with Gasteiger partial charge in [-0.3, -0.25) is 9.67 Å². The molecule has 0 radical (unpaired) electrons. The number of aryl methyl sites for hydroxylation is 2. The number of hydrogen-bond donors (Lipinski definition) is 2. The zero-order valence-electron chi connectivity index (χ0n) is 16.8. The summed E-state index contributed by atoms with van der Waals surface area (Å²) in [6.07, 6.45) is 9.20. The van der Waals surface area contributed by atoms with Crippen LogP contribution in [-0.4, -0.2) is 48.6 Å². The van der Waals surface area contributed by atoms with E-state index in [9.17, 15) is 0 Å². The molecule has 0 bridgehead atoms. The van der Waals surface area contributed by atoms with Gasteiger partial charge in [-0.25, -0.2) is 0 Å². The summed E-state index contributed by atoms with van der Waals surface area (Å²) in [5.41, 5.74) is 3.67. The molecule has 2 rings (SSSR count). The summed E-state index contributed by atoms with van der Waals surface area (Å²) in [5.74, 6) is 0.837. The van der Waals surface area contributed by atoms with Crippen molar-refractivity contribution in [2.24, 2.45) is 12.0 Å². The van der Waals surface area contributed by atoms with Crippen LogP contribution >= 0.6 is 24.0 Å². The number of halogens is 1. The lowest BCUT2D eigenvalue weighted by Gasteiger charge is -2.16. The number of rotatable bonds is 7. The minimum absolute atomic E-state index is 0. The molecule has 1 fully saturated rings. The number of guanidine groups is 1. The van der Waals surface area contributed by atoms with Crippen molar-refractivity contribution in [2.45, 2.75) is 64.9 Å². The van der Waals surface area contributed by atoms with E-state index in [1.165, 1.54) is 49.8 Å². The molecule has 1 saturated carbocycles. The molecule has 7 heteroatoms. The van der Waals surface area contributed by atoms with Crippen LogP contribution < -0.4 is 10.6 Å². The molecule has 0 amide bonds. The fraction of sp³-hybridized carbons (Fsp3) is 0.789. The van der Waals surface area contributed by atoms with Crippen LogP contribution in [0.3, 0.4) is 0 Å². The molecule has 1 aromatic rings. The lowest BCUT2D eigenvalue weighted by molar-refractivity contribution is 0.0468. The maximum atomic E-state index is 6.01. The van der Waals surface area contributed by atoms with Gasteiger partial charge in [-0.05, 0) is 38.7 Å². The van der Waals surface area contributed by atoms with E-state index in [1.54, 1.807) is 0 Å². The van der Waals surface area contributed by atoms with Crippen LogP contribution in [0.15, 0.2) is 4.99 Å². The van der Waals surface area contributed by atoms with Gasteiger partial charge in [-0.1, -0.05) is 25.7 Å². The number of aliphatic imine (C=N–C) groups is 1. The highest BCUT2D eigenvalue weighted by molar-refractivity contribution is 14.0. The zero-order chi connectivity index (χ0) is 18.1. The predicted molar refractivity (Wildman–Crippen MR) is 119 cm³/mol. The smallest absolute Gasteiger partial charge is 0.191 e. The minimum atomic E-state index is 0. The summed E-state index contributed by atoms with van der Waals surface area (Å²) < 4.78 is 7.96. The summed E-state index contributed by atoms with van der Waals surface area (Å²) in [4.78, 5) is 4.29. The fourth-order valence-electron chi connectivity index (χ4n) is 3.51. The topological polar surface area (TPSA) is 63.5 Å². The molecule has 0 saturated heterocycles. The normalized spacial score (nSPS) is 16.1. The van der Waals surface area contributed by atoms with Crippen molar-refractivity contribution in [3.63, 3.8) is 0 Å². The first-order chi connectivity index (χ1) is 12.1. The Morgan fingerprint density at radius 1 is 1.15 bits per heavy atom. The molecule has 150 valence electrons. The molecular formula is C19H36IN5O. The number of nitrogens with one attached hydrogen (secondary N) is 2. The average Bonchev–Trinajstić information content (AvgIpc) is 2.80. The van der Waals surface area contributed by atoms with Crippen LogP contribution in [0.2, 0.25) is 0 Å². The van der Waals surface area contributed by atoms with Crippen molar-refractivity contribution in [2.75, 3.05) is 26.7 Å². The first-order valence-corrected chi connectivity index (χ1v) is 9.67. The highest BCUT2D eigenvalue weighted by Gasteiger charge is 2.12. The van der Waals surface area contributed by atoms with Gasteiger partial charge in [0.2, 0.25) is 0 Å². The second kappa shape index (κ2) is 12.5. The van der Waals surface area contributed by atoms with Gasteiger partial charge in [-0.2, -0.15) is 5.10 Å². The molecule has 0 unspecified atom stereocenters. The Morgan fingerprint density at radius 3 is 2.38 bits per heavy atom. The summed E-state index contributed by atoms with van der Waals surface area (Å²) in [6, 6.07) is 0. The summed E-state index contributed by atoms with van der Waals surface area (Å²) in [7, 11) is 3.80. The molecule has 1 heterocycles. The Balaban J connectivity index is 0.00000338. The fourth-order valence-corrected chi connectivity index (χ4v) is 3.51. The summed E-state index contributed by atoms with van der Waals surface area (Å²) >= 11 is 0. The maximum absolute atomic E-state index is 6.01. The zero-order valence-corrected chi connectivity index (χ0v) is 19.1. The van der Waals surface area contributed by atoms with Crippen molar-refractivity contribution in [1.29, 1.82) is 0 Å². The second-order valence-corrected chi connectivity index (χ2v) is 6.93. The summed E-state index contributed by atoms with van der Waals surface area (Å²) in [5, 5.41) is 11.2. The standard InChI is InChI=1S/C19H35N5O.HI/c1-15-18(16(2)24(4)23-15)11-12-21-19(20-3)22-13-14-25-17-9-7-5-6-8-10-17;/h17H,5-14H2,1-4H3,(H2,20,21,22);1H. The molecule has 0 aromatic carbocycles. The van der Waals surface area contributed by atoms with E-state index in [0.29, 0.717) is 6.10 Å². The Kier molecular flexibility index (Phi) is 11.2. The van der Waals surface area contributed by atoms with E-state index < -0.39 is 0 Å². The van der Waals surface area contributed by atoms with Gasteiger partial charge in [0.25, 0.3) is 0 Å². The second-order valence-electron chi connectivity index (χ2n) is 6.93. The molecule has 2 N–H and O–H groups in total. The largest absolute Gasteiger partial charge is 0.376 e. The lowest BCUT2D eigenvalue weighted by Crippen LogP contribution is -2.40. The van der Waals surface area contributed by atoms with Gasteiger partial charge in [0.1, 0.15) is 0 Å². The number of hydrogen-bond acceptors (Lipinski definition) is 3. The first kappa shape index (κ1) is 23.2. The molecule has 1 aliphatic carbocycles. The number of ether oxygens (including phenoxy) is 1. The van der Waals surface area contributed by atoms with Crippen molar-refractivity contribution >= 4 is 29.9 Å². The highest BCUT2D eigenvalue weighted by atomic mass is 127. The molecule has 6 nitrogen and oxygen atoms in total. The Labute approximate surface area is 175 Å². The Morgan fingerprint density at radius 2 is 1.81 bits per heavy atom. The maximum Gasteiger partial charge on any atom is 0.191 e. The number of aromatic nitrogens is 2. The average molecular weight is 477 g/mol. The third-order valence-electron chi connectivity index (χ3n) is 5.10. The number of nitrogens with zero attached hydrogens (tertiary/aromatic N) is 3. The van der Waals surface area contributed by atoms with E-state index in [-0.39, 0.29) is 24.0 Å². The molecule has 1 aliphatic rings. The van der Waals surface area contributed by atoms with E-state index >= 15 is 0 Å². The van der Waals surface area contributed by atoms with Crippen molar-refractivity contribution in [3.8, 4) is 0 Å². The predicted octanol–water partition coefficient (Wildman–Crippen LogP) is 3.10.